The first-order valence-corrected chi connectivity index (χ1v) is 5.60. The molecule has 88 valence electrons. The van der Waals surface area contributed by atoms with E-state index < -0.39 is 0 Å². The van der Waals surface area contributed by atoms with E-state index in [9.17, 15) is 4.79 Å². The number of unbranched alkanes of at least 4 members (excludes halogenated alkanes) is 5. The molecule has 0 aliphatic rings. The molecule has 0 aromatic carbocycles. The van der Waals surface area contributed by atoms with Gasteiger partial charge in [0.1, 0.15) is 0 Å². The fourth-order valence-electron chi connectivity index (χ4n) is 1.41. The van der Waals surface area contributed by atoms with Crippen LogP contribution in [0, 0.1) is 0 Å². The molecule has 0 heterocycles. The highest BCUT2D eigenvalue weighted by Crippen LogP contribution is 2.08. The number of hydrogen-bond donors (Lipinski definition) is 2. The average molecular weight is 215 g/mol. The van der Waals surface area contributed by atoms with Crippen LogP contribution in [0.2, 0.25) is 0 Å². The Morgan fingerprint density at radius 1 is 1.07 bits per heavy atom. The summed E-state index contributed by atoms with van der Waals surface area (Å²) in [4.78, 5) is 10.8. The van der Waals surface area contributed by atoms with Crippen molar-refractivity contribution in [2.24, 2.45) is 5.73 Å². The highest BCUT2D eigenvalue weighted by atomic mass is 16.5. The van der Waals surface area contributed by atoms with E-state index in [-0.39, 0.29) is 5.97 Å². The largest absolute Gasteiger partial charge is 0.469 e. The van der Waals surface area contributed by atoms with Gasteiger partial charge in [0.05, 0.1) is 7.11 Å². The molecule has 0 aliphatic carbocycles. The van der Waals surface area contributed by atoms with Crippen LogP contribution in [0.25, 0.3) is 0 Å². The summed E-state index contributed by atoms with van der Waals surface area (Å²) in [7, 11) is 1.43. The van der Waals surface area contributed by atoms with Gasteiger partial charge in [-0.25, -0.2) is 0 Å². The van der Waals surface area contributed by atoms with Crippen molar-refractivity contribution in [3.05, 3.63) is 0 Å². The number of carbonyl (C=O) groups excluding carboxylic acids is 1. The van der Waals surface area contributed by atoms with E-state index in [4.69, 9.17) is 11.1 Å². The van der Waals surface area contributed by atoms with Crippen LogP contribution in [0.5, 0.6) is 0 Å². The molecule has 4 heteroatoms. The number of nitrogens with two attached hydrogens (primary N) is 2. The molecule has 0 atom stereocenters. The molecule has 0 unspecified atom stereocenters. The van der Waals surface area contributed by atoms with Crippen molar-refractivity contribution in [2.75, 3.05) is 7.11 Å². The molecular weight excluding hydrogens is 192 g/mol. The van der Waals surface area contributed by atoms with E-state index in [1.165, 1.54) is 20.0 Å². The molecule has 0 saturated heterocycles. The number of rotatable bonds is 9. The lowest BCUT2D eigenvalue weighted by Crippen LogP contribution is -2.45. The Bertz CT molecular complexity index is 193. The highest BCUT2D eigenvalue weighted by molar-refractivity contribution is 5.73. The van der Waals surface area contributed by atoms with Crippen LogP contribution in [0.15, 0.2) is 0 Å². The van der Waals surface area contributed by atoms with Gasteiger partial charge in [-0.3, -0.25) is 15.9 Å². The molecule has 0 radical (unpaired) electrons. The van der Waals surface area contributed by atoms with Crippen LogP contribution in [0.4, 0.5) is 0 Å². The number of esters is 1. The summed E-state index contributed by atoms with van der Waals surface area (Å²) in [6, 6.07) is 0. The first-order chi connectivity index (χ1) is 7.16. The second kappa shape index (κ2) is 9.49. The van der Waals surface area contributed by atoms with Gasteiger partial charge in [0.2, 0.25) is 5.84 Å². The zero-order valence-corrected chi connectivity index (χ0v) is 9.63. The molecule has 0 amide bonds. The van der Waals surface area contributed by atoms with Crippen molar-refractivity contribution in [3.63, 3.8) is 0 Å². The van der Waals surface area contributed by atoms with Gasteiger partial charge in [0, 0.05) is 12.8 Å². The van der Waals surface area contributed by atoms with Crippen LogP contribution in [-0.2, 0) is 9.53 Å². The Hall–Kier alpha value is -1.06. The molecule has 0 aromatic rings. The van der Waals surface area contributed by atoms with Crippen molar-refractivity contribution in [2.45, 2.75) is 51.4 Å². The lowest BCUT2D eigenvalue weighted by atomic mass is 10.1. The third-order valence-electron chi connectivity index (χ3n) is 2.32. The summed E-state index contributed by atoms with van der Waals surface area (Å²) in [5.74, 6) is 0.418. The molecular formula is C11H23N2O2+. The molecule has 0 rings (SSSR count). The molecule has 0 aromatic heterocycles. The number of hydrogen-bond acceptors (Lipinski definition) is 2. The third-order valence-corrected chi connectivity index (χ3v) is 2.32. The maximum absolute atomic E-state index is 10.8. The van der Waals surface area contributed by atoms with Crippen LogP contribution < -0.4 is 11.1 Å². The Balaban J connectivity index is 3.05. The predicted octanol–water partition coefficient (Wildman–Crippen LogP) is 0.397. The maximum Gasteiger partial charge on any atom is 0.305 e. The van der Waals surface area contributed by atoms with Gasteiger partial charge >= 0.3 is 5.97 Å². The number of ether oxygens (including phenoxy) is 1. The Kier molecular flexibility index (Phi) is 8.82. The number of methoxy groups -OCH3 is 1. The summed E-state index contributed by atoms with van der Waals surface area (Å²) in [6.45, 7) is 0. The van der Waals surface area contributed by atoms with Crippen LogP contribution >= 0.6 is 0 Å². The molecule has 15 heavy (non-hydrogen) atoms. The quantitative estimate of drug-likeness (QED) is 0.253. The molecule has 0 fully saturated rings. The fraction of sp³-hybridized carbons (Fsp3) is 0.818. The van der Waals surface area contributed by atoms with E-state index in [1.807, 2.05) is 0 Å². The standard InChI is InChI=1S/C11H22N2O2/c1-15-11(14)9-7-5-3-2-4-6-8-10(12)13/h2-9H2,1H3,(H3,12,13)/p+1. The van der Waals surface area contributed by atoms with Gasteiger partial charge in [-0.2, -0.15) is 0 Å². The summed E-state index contributed by atoms with van der Waals surface area (Å²) < 4.78 is 4.55. The van der Waals surface area contributed by atoms with Gasteiger partial charge in [-0.1, -0.05) is 25.7 Å². The lowest BCUT2D eigenvalue weighted by Gasteiger charge is -2.00. The van der Waals surface area contributed by atoms with E-state index in [1.54, 1.807) is 0 Å². The third kappa shape index (κ3) is 10.9. The number of amidine groups is 1. The first-order valence-electron chi connectivity index (χ1n) is 5.60. The van der Waals surface area contributed by atoms with Gasteiger partial charge in [0.15, 0.2) is 0 Å². The molecule has 4 N–H and O–H groups in total. The van der Waals surface area contributed by atoms with Crippen molar-refractivity contribution < 1.29 is 14.9 Å². The van der Waals surface area contributed by atoms with E-state index in [0.29, 0.717) is 12.3 Å². The molecule has 0 bridgehead atoms. The SMILES string of the molecule is COC(=O)CCCCCCCCC(N)=[NH2+]. The zero-order chi connectivity index (χ0) is 11.5. The normalized spacial score (nSPS) is 9.93. The van der Waals surface area contributed by atoms with Gasteiger partial charge in [0.25, 0.3) is 0 Å². The smallest absolute Gasteiger partial charge is 0.305 e. The highest BCUT2D eigenvalue weighted by Gasteiger charge is 1.99. The van der Waals surface area contributed by atoms with E-state index in [2.05, 4.69) is 4.74 Å². The fourth-order valence-corrected chi connectivity index (χ4v) is 1.41. The van der Waals surface area contributed by atoms with Crippen LogP contribution in [0.3, 0.4) is 0 Å². The van der Waals surface area contributed by atoms with Gasteiger partial charge in [-0.15, -0.1) is 0 Å². The summed E-state index contributed by atoms with van der Waals surface area (Å²) in [6.07, 6.45) is 7.97. The topological polar surface area (TPSA) is 77.9 Å². The molecule has 0 aliphatic heterocycles. The van der Waals surface area contributed by atoms with Crippen molar-refractivity contribution in [1.29, 1.82) is 0 Å². The Morgan fingerprint density at radius 3 is 2.00 bits per heavy atom. The van der Waals surface area contributed by atoms with Crippen LogP contribution in [-0.4, -0.2) is 18.9 Å². The minimum atomic E-state index is -0.111. The van der Waals surface area contributed by atoms with Crippen LogP contribution in [0.1, 0.15) is 51.4 Å². The average Bonchev–Trinajstić information content (AvgIpc) is 2.21. The number of carbonyl (C=O) groups is 1. The summed E-state index contributed by atoms with van der Waals surface area (Å²) in [5, 5.41) is 5.35. The van der Waals surface area contributed by atoms with Crippen molar-refractivity contribution in [1.82, 2.24) is 0 Å². The molecule has 0 spiro atoms. The Labute approximate surface area is 91.7 Å². The van der Waals surface area contributed by atoms with E-state index >= 15 is 0 Å². The maximum atomic E-state index is 10.8. The van der Waals surface area contributed by atoms with Gasteiger partial charge in [-0.05, 0) is 12.8 Å². The minimum absolute atomic E-state index is 0.111. The zero-order valence-electron chi connectivity index (χ0n) is 9.63. The van der Waals surface area contributed by atoms with E-state index in [0.717, 1.165) is 32.1 Å². The lowest BCUT2D eigenvalue weighted by molar-refractivity contribution is -0.140. The second-order valence-corrected chi connectivity index (χ2v) is 3.77. The summed E-state index contributed by atoms with van der Waals surface area (Å²) >= 11 is 0. The molecule has 4 nitrogen and oxygen atoms in total. The minimum Gasteiger partial charge on any atom is -0.469 e. The second-order valence-electron chi connectivity index (χ2n) is 3.77. The van der Waals surface area contributed by atoms with Crippen molar-refractivity contribution in [3.8, 4) is 0 Å². The predicted molar refractivity (Wildman–Crippen MR) is 60.1 cm³/mol. The first kappa shape index (κ1) is 13.9. The molecule has 0 saturated carbocycles. The van der Waals surface area contributed by atoms with Crippen molar-refractivity contribution >= 4 is 11.8 Å². The van der Waals surface area contributed by atoms with Gasteiger partial charge < -0.3 is 4.74 Å². The summed E-state index contributed by atoms with van der Waals surface area (Å²) in [5.41, 5.74) is 5.35. The Morgan fingerprint density at radius 2 is 1.53 bits per heavy atom. The monoisotopic (exact) mass is 215 g/mol.